The lowest BCUT2D eigenvalue weighted by Gasteiger charge is -2.13. The first kappa shape index (κ1) is 19.4. The van der Waals surface area contributed by atoms with Gasteiger partial charge in [0.25, 0.3) is 0 Å². The van der Waals surface area contributed by atoms with Crippen molar-refractivity contribution >= 4 is 5.96 Å². The number of nitrogens with one attached hydrogen (secondary N) is 2. The highest BCUT2D eigenvalue weighted by Crippen LogP contribution is 2.12. The Hall–Kier alpha value is -3.41. The average Bonchev–Trinajstić information content (AvgIpc) is 2.74. The SMILES string of the molecule is CN=C(NCc1ccnc(OCc2ccccc2)c1)NCc1ccccc1F. The van der Waals surface area contributed by atoms with E-state index in [1.807, 2.05) is 48.5 Å². The van der Waals surface area contributed by atoms with E-state index in [1.54, 1.807) is 25.4 Å². The van der Waals surface area contributed by atoms with Crippen LogP contribution < -0.4 is 15.4 Å². The molecule has 28 heavy (non-hydrogen) atoms. The zero-order valence-electron chi connectivity index (χ0n) is 15.7. The molecular weight excluding hydrogens is 355 g/mol. The second-order valence-electron chi connectivity index (χ2n) is 6.15. The van der Waals surface area contributed by atoms with Crippen LogP contribution in [-0.2, 0) is 19.7 Å². The maximum atomic E-state index is 13.7. The van der Waals surface area contributed by atoms with Gasteiger partial charge < -0.3 is 15.4 Å². The minimum atomic E-state index is -0.236. The number of guanidine groups is 1. The molecule has 6 heteroatoms. The second-order valence-corrected chi connectivity index (χ2v) is 6.15. The summed E-state index contributed by atoms with van der Waals surface area (Å²) < 4.78 is 19.5. The molecule has 2 N–H and O–H groups in total. The van der Waals surface area contributed by atoms with Crippen LogP contribution >= 0.6 is 0 Å². The van der Waals surface area contributed by atoms with Crippen molar-refractivity contribution in [2.45, 2.75) is 19.7 Å². The number of ether oxygens (including phenoxy) is 1. The van der Waals surface area contributed by atoms with Gasteiger partial charge in [-0.1, -0.05) is 48.5 Å². The first-order valence-corrected chi connectivity index (χ1v) is 9.04. The van der Waals surface area contributed by atoms with Crippen molar-refractivity contribution in [3.63, 3.8) is 0 Å². The molecule has 0 radical (unpaired) electrons. The van der Waals surface area contributed by atoms with Crippen LogP contribution in [0.2, 0.25) is 0 Å². The summed E-state index contributed by atoms with van der Waals surface area (Å²) in [6, 6.07) is 20.4. The second kappa shape index (κ2) is 10.1. The van der Waals surface area contributed by atoms with Crippen molar-refractivity contribution in [2.75, 3.05) is 7.05 Å². The summed E-state index contributed by atoms with van der Waals surface area (Å²) in [7, 11) is 1.68. The third kappa shape index (κ3) is 5.81. The fourth-order valence-corrected chi connectivity index (χ4v) is 2.60. The highest BCUT2D eigenvalue weighted by molar-refractivity contribution is 5.79. The third-order valence-corrected chi connectivity index (χ3v) is 4.12. The fourth-order valence-electron chi connectivity index (χ4n) is 2.60. The van der Waals surface area contributed by atoms with Crippen LogP contribution in [0.15, 0.2) is 77.9 Å². The van der Waals surface area contributed by atoms with Crippen LogP contribution in [0.5, 0.6) is 5.88 Å². The summed E-state index contributed by atoms with van der Waals surface area (Å²) in [6.45, 7) is 1.37. The van der Waals surface area contributed by atoms with Crippen molar-refractivity contribution in [3.05, 3.63) is 95.4 Å². The van der Waals surface area contributed by atoms with Crippen LogP contribution in [0.3, 0.4) is 0 Å². The van der Waals surface area contributed by atoms with Crippen LogP contribution in [0.25, 0.3) is 0 Å². The number of hydrogen-bond acceptors (Lipinski definition) is 3. The third-order valence-electron chi connectivity index (χ3n) is 4.12. The number of pyridine rings is 1. The number of aliphatic imine (C=N–C) groups is 1. The van der Waals surface area contributed by atoms with Gasteiger partial charge >= 0.3 is 0 Å². The highest BCUT2D eigenvalue weighted by Gasteiger charge is 2.04. The maximum Gasteiger partial charge on any atom is 0.213 e. The van der Waals surface area contributed by atoms with Gasteiger partial charge in [-0.2, -0.15) is 0 Å². The molecule has 2 aromatic carbocycles. The standard InChI is InChI=1S/C22H23FN4O/c1-24-22(27-15-19-9-5-6-10-20(19)23)26-14-18-11-12-25-21(13-18)28-16-17-7-3-2-4-8-17/h2-13H,14-16H2,1H3,(H2,24,26,27). The molecule has 0 aliphatic heterocycles. The summed E-state index contributed by atoms with van der Waals surface area (Å²) in [5.74, 6) is 0.920. The molecule has 0 fully saturated rings. The van der Waals surface area contributed by atoms with Gasteiger partial charge in [0.2, 0.25) is 5.88 Å². The predicted molar refractivity (Wildman–Crippen MR) is 108 cm³/mol. The molecular formula is C22H23FN4O. The molecule has 0 amide bonds. The Bertz CT molecular complexity index is 915. The van der Waals surface area contributed by atoms with E-state index in [1.165, 1.54) is 6.07 Å². The van der Waals surface area contributed by atoms with Crippen molar-refractivity contribution in [1.82, 2.24) is 15.6 Å². The van der Waals surface area contributed by atoms with Gasteiger partial charge in [-0.05, 0) is 23.3 Å². The van der Waals surface area contributed by atoms with Crippen LogP contribution in [0.4, 0.5) is 4.39 Å². The van der Waals surface area contributed by atoms with Crippen LogP contribution in [0, 0.1) is 5.82 Å². The molecule has 0 aliphatic carbocycles. The van der Waals surface area contributed by atoms with E-state index in [9.17, 15) is 4.39 Å². The predicted octanol–water partition coefficient (Wildman–Crippen LogP) is 3.66. The molecule has 1 heterocycles. The summed E-state index contributed by atoms with van der Waals surface area (Å²) in [6.07, 6.45) is 1.72. The van der Waals surface area contributed by atoms with Gasteiger partial charge in [-0.25, -0.2) is 9.37 Å². The maximum absolute atomic E-state index is 13.7. The molecule has 0 spiro atoms. The van der Waals surface area contributed by atoms with Gasteiger partial charge in [-0.15, -0.1) is 0 Å². The van der Waals surface area contributed by atoms with Crippen LogP contribution in [-0.4, -0.2) is 18.0 Å². The number of nitrogens with zero attached hydrogens (tertiary/aromatic N) is 2. The van der Waals surface area contributed by atoms with E-state index >= 15 is 0 Å². The van der Waals surface area contributed by atoms with Gasteiger partial charge in [0, 0.05) is 38.0 Å². The lowest BCUT2D eigenvalue weighted by atomic mass is 10.2. The molecule has 0 saturated carbocycles. The summed E-state index contributed by atoms with van der Waals surface area (Å²) in [4.78, 5) is 8.42. The molecule has 0 aliphatic rings. The van der Waals surface area contributed by atoms with E-state index in [0.29, 0.717) is 37.1 Å². The van der Waals surface area contributed by atoms with Crippen LogP contribution in [0.1, 0.15) is 16.7 Å². The van der Waals surface area contributed by atoms with Gasteiger partial charge in [0.1, 0.15) is 12.4 Å². The van der Waals surface area contributed by atoms with E-state index in [-0.39, 0.29) is 5.82 Å². The normalized spacial score (nSPS) is 11.1. The summed E-state index contributed by atoms with van der Waals surface area (Å²) in [5.41, 5.74) is 2.68. The number of halogens is 1. The Morgan fingerprint density at radius 1 is 0.964 bits per heavy atom. The fraction of sp³-hybridized carbons (Fsp3) is 0.182. The lowest BCUT2D eigenvalue weighted by molar-refractivity contribution is 0.293. The molecule has 3 rings (SSSR count). The zero-order chi connectivity index (χ0) is 19.6. The monoisotopic (exact) mass is 378 g/mol. The highest BCUT2D eigenvalue weighted by atomic mass is 19.1. The Balaban J connectivity index is 1.51. The van der Waals surface area contributed by atoms with E-state index in [0.717, 1.165) is 11.1 Å². The van der Waals surface area contributed by atoms with E-state index < -0.39 is 0 Å². The molecule has 0 bridgehead atoms. The molecule has 0 unspecified atom stereocenters. The Morgan fingerprint density at radius 3 is 2.50 bits per heavy atom. The van der Waals surface area contributed by atoms with Gasteiger partial charge in [0.05, 0.1) is 0 Å². The van der Waals surface area contributed by atoms with Gasteiger partial charge in [0.15, 0.2) is 5.96 Å². The number of aromatic nitrogens is 1. The smallest absolute Gasteiger partial charge is 0.213 e. The molecule has 1 aromatic heterocycles. The zero-order valence-corrected chi connectivity index (χ0v) is 15.7. The lowest BCUT2D eigenvalue weighted by Crippen LogP contribution is -2.36. The Labute approximate surface area is 164 Å². The number of benzene rings is 2. The quantitative estimate of drug-likeness (QED) is 0.487. The topological polar surface area (TPSA) is 58.5 Å². The van der Waals surface area contributed by atoms with Crippen molar-refractivity contribution in [1.29, 1.82) is 0 Å². The summed E-state index contributed by atoms with van der Waals surface area (Å²) in [5, 5.41) is 6.32. The van der Waals surface area contributed by atoms with Crippen molar-refractivity contribution < 1.29 is 9.13 Å². The minimum Gasteiger partial charge on any atom is -0.473 e. The largest absolute Gasteiger partial charge is 0.473 e. The van der Waals surface area contributed by atoms with Gasteiger partial charge in [-0.3, -0.25) is 4.99 Å². The Morgan fingerprint density at radius 2 is 1.71 bits per heavy atom. The number of hydrogen-bond donors (Lipinski definition) is 2. The molecule has 0 saturated heterocycles. The molecule has 0 atom stereocenters. The van der Waals surface area contributed by atoms with E-state index in [2.05, 4.69) is 20.6 Å². The molecule has 144 valence electrons. The Kier molecular flexibility index (Phi) is 6.95. The first-order chi connectivity index (χ1) is 13.7. The minimum absolute atomic E-state index is 0.236. The number of rotatable bonds is 7. The summed E-state index contributed by atoms with van der Waals surface area (Å²) >= 11 is 0. The first-order valence-electron chi connectivity index (χ1n) is 9.04. The van der Waals surface area contributed by atoms with Crippen molar-refractivity contribution in [3.8, 4) is 5.88 Å². The van der Waals surface area contributed by atoms with E-state index in [4.69, 9.17) is 4.74 Å². The molecule has 5 nitrogen and oxygen atoms in total. The average molecular weight is 378 g/mol. The van der Waals surface area contributed by atoms with Crippen molar-refractivity contribution in [2.24, 2.45) is 4.99 Å². The molecule has 3 aromatic rings.